The molecule has 4 rings (SSSR count). The van der Waals surface area contributed by atoms with Gasteiger partial charge in [-0.05, 0) is 34.1 Å². The van der Waals surface area contributed by atoms with Crippen LogP contribution in [0, 0.1) is 11.6 Å². The lowest BCUT2D eigenvalue weighted by molar-refractivity contribution is -0.212. The number of rotatable bonds is 8. The number of carbonyl (C=O) groups excluding carboxylic acids is 3. The fourth-order valence-corrected chi connectivity index (χ4v) is 5.89. The molecule has 16 heteroatoms. The fourth-order valence-electron chi connectivity index (χ4n) is 4.13. The predicted octanol–water partition coefficient (Wildman–Crippen LogP) is 4.52. The largest absolute Gasteiger partial charge is 0.463 e. The summed E-state index contributed by atoms with van der Waals surface area (Å²) in [5, 5.41) is 7.46. The molecule has 1 saturated heterocycles. The van der Waals surface area contributed by atoms with E-state index in [0.717, 1.165) is 23.9 Å². The summed E-state index contributed by atoms with van der Waals surface area (Å²) in [6, 6.07) is 2.65. The quantitative estimate of drug-likeness (QED) is 0.190. The predicted molar refractivity (Wildman–Crippen MR) is 144 cm³/mol. The number of hydrogen-bond acceptors (Lipinski definition) is 11. The molecular formula is C25H22BrClF2N4O7S. The zero-order valence-electron chi connectivity index (χ0n) is 21.6. The Labute approximate surface area is 249 Å². The summed E-state index contributed by atoms with van der Waals surface area (Å²) in [5.41, 5.74) is -0.880. The molecule has 1 aliphatic rings. The van der Waals surface area contributed by atoms with E-state index in [0.29, 0.717) is 9.37 Å². The lowest BCUT2D eigenvalue weighted by Crippen LogP contribution is -2.57. The van der Waals surface area contributed by atoms with E-state index in [1.165, 1.54) is 31.6 Å². The third-order valence-electron chi connectivity index (χ3n) is 5.70. The minimum absolute atomic E-state index is 0.0263. The molecule has 1 aromatic carbocycles. The first-order chi connectivity index (χ1) is 19.4. The van der Waals surface area contributed by atoms with E-state index in [1.54, 1.807) is 18.5 Å². The van der Waals surface area contributed by atoms with Crippen LogP contribution in [0.1, 0.15) is 26.8 Å². The van der Waals surface area contributed by atoms with Gasteiger partial charge in [0.15, 0.2) is 12.2 Å². The number of pyridine rings is 1. The number of benzene rings is 1. The molecule has 0 spiro atoms. The van der Waals surface area contributed by atoms with E-state index in [2.05, 4.69) is 31.2 Å². The first-order valence-electron chi connectivity index (χ1n) is 11.9. The molecule has 3 aromatic rings. The molecule has 0 N–H and O–H groups in total. The molecule has 1 fully saturated rings. The van der Waals surface area contributed by atoms with E-state index < -0.39 is 64.4 Å². The number of aromatic nitrogens is 4. The molecule has 218 valence electrons. The van der Waals surface area contributed by atoms with Gasteiger partial charge in [-0.25, -0.2) is 13.5 Å². The highest BCUT2D eigenvalue weighted by Gasteiger charge is 2.52. The summed E-state index contributed by atoms with van der Waals surface area (Å²) >= 11 is 10.1. The number of carbonyl (C=O) groups is 3. The van der Waals surface area contributed by atoms with Crippen LogP contribution < -0.4 is 0 Å². The van der Waals surface area contributed by atoms with Gasteiger partial charge in [-0.2, -0.15) is 0 Å². The molecule has 0 aliphatic carbocycles. The van der Waals surface area contributed by atoms with Crippen LogP contribution in [0.4, 0.5) is 8.78 Å². The van der Waals surface area contributed by atoms with Crippen molar-refractivity contribution in [2.24, 2.45) is 0 Å². The number of thioether (sulfide) groups is 1. The monoisotopic (exact) mass is 674 g/mol. The molecule has 2 aromatic heterocycles. The minimum Gasteiger partial charge on any atom is -0.463 e. The highest BCUT2D eigenvalue weighted by atomic mass is 79.9. The second-order valence-corrected chi connectivity index (χ2v) is 11.2. The molecule has 3 heterocycles. The normalized spacial score (nSPS) is 22.2. The summed E-state index contributed by atoms with van der Waals surface area (Å²) in [7, 11) is 0. The maximum Gasteiger partial charge on any atom is 0.303 e. The van der Waals surface area contributed by atoms with Gasteiger partial charge < -0.3 is 18.9 Å². The molecule has 0 radical (unpaired) electrons. The maximum atomic E-state index is 14.2. The summed E-state index contributed by atoms with van der Waals surface area (Å²) in [5.74, 6) is -3.99. The van der Waals surface area contributed by atoms with Gasteiger partial charge in [0.2, 0.25) is 0 Å². The molecule has 11 nitrogen and oxygen atoms in total. The second-order valence-electron chi connectivity index (χ2n) is 8.78. The number of esters is 3. The first kappa shape index (κ1) is 30.8. The van der Waals surface area contributed by atoms with E-state index in [1.807, 2.05) is 0 Å². The van der Waals surface area contributed by atoms with E-state index in [-0.39, 0.29) is 17.9 Å². The van der Waals surface area contributed by atoms with Crippen LogP contribution in [0.2, 0.25) is 5.02 Å². The number of hydrogen-bond donors (Lipinski definition) is 0. The van der Waals surface area contributed by atoms with Crippen molar-refractivity contribution in [1.82, 2.24) is 20.0 Å². The number of halogens is 4. The maximum absolute atomic E-state index is 14.2. The van der Waals surface area contributed by atoms with Crippen LogP contribution >= 0.6 is 39.3 Å². The Morgan fingerprint density at radius 1 is 1.05 bits per heavy atom. The lowest BCUT2D eigenvalue weighted by Gasteiger charge is -2.44. The topological polar surface area (TPSA) is 132 Å². The van der Waals surface area contributed by atoms with Gasteiger partial charge >= 0.3 is 17.9 Å². The third-order valence-corrected chi connectivity index (χ3v) is 7.60. The minimum atomic E-state index is -1.21. The van der Waals surface area contributed by atoms with E-state index >= 15 is 0 Å². The summed E-state index contributed by atoms with van der Waals surface area (Å²) in [4.78, 5) is 40.9. The Balaban J connectivity index is 1.82. The van der Waals surface area contributed by atoms with Gasteiger partial charge in [0.1, 0.15) is 46.5 Å². The standard InChI is InChI=1S/C25H22BrClF2N4O7S/c1-11(34)37-10-20-23(38-12(2)35)22(33-9-19(31-32-33)14-4-17(28)21(27)18(29)5-14)24(39-13(3)36)25(40-20)41-16-6-15(26)7-30-8-16/h4-9,20,22-25H,10H2,1-3H3/t20-,22+,23+,24-,25-/m1/s1. The first-order valence-corrected chi connectivity index (χ1v) is 13.9. The summed E-state index contributed by atoms with van der Waals surface area (Å²) in [6.07, 6.45) is 1.09. The van der Waals surface area contributed by atoms with Crippen LogP contribution in [-0.4, -0.2) is 68.2 Å². The van der Waals surface area contributed by atoms with Crippen molar-refractivity contribution < 1.29 is 42.1 Å². The Bertz CT molecular complexity index is 1440. The lowest BCUT2D eigenvalue weighted by atomic mass is 9.96. The van der Waals surface area contributed by atoms with Crippen molar-refractivity contribution in [3.8, 4) is 11.3 Å². The van der Waals surface area contributed by atoms with Crippen molar-refractivity contribution in [3.05, 3.63) is 57.9 Å². The highest BCUT2D eigenvalue weighted by molar-refractivity contribution is 9.10. The zero-order valence-corrected chi connectivity index (χ0v) is 24.8. The van der Waals surface area contributed by atoms with Gasteiger partial charge in [0, 0.05) is 48.1 Å². The molecular weight excluding hydrogens is 654 g/mol. The van der Waals surface area contributed by atoms with Gasteiger partial charge in [0.05, 0.1) is 6.20 Å². The molecule has 0 unspecified atom stereocenters. The van der Waals surface area contributed by atoms with E-state index in [9.17, 15) is 23.2 Å². The smallest absolute Gasteiger partial charge is 0.303 e. The van der Waals surface area contributed by atoms with Crippen LogP contribution in [0.25, 0.3) is 11.3 Å². The van der Waals surface area contributed by atoms with Crippen LogP contribution in [0.3, 0.4) is 0 Å². The molecule has 0 bridgehead atoms. The second kappa shape index (κ2) is 13.2. The Morgan fingerprint density at radius 2 is 1.71 bits per heavy atom. The van der Waals surface area contributed by atoms with Gasteiger partial charge in [-0.1, -0.05) is 28.6 Å². The Morgan fingerprint density at radius 3 is 2.32 bits per heavy atom. The van der Waals surface area contributed by atoms with Crippen molar-refractivity contribution in [2.75, 3.05) is 6.61 Å². The molecule has 1 aliphatic heterocycles. The Kier molecular flexibility index (Phi) is 9.94. The van der Waals surface area contributed by atoms with Crippen molar-refractivity contribution in [2.45, 2.75) is 55.5 Å². The molecule has 0 amide bonds. The van der Waals surface area contributed by atoms with Crippen molar-refractivity contribution in [1.29, 1.82) is 0 Å². The highest BCUT2D eigenvalue weighted by Crippen LogP contribution is 2.41. The van der Waals surface area contributed by atoms with Gasteiger partial charge in [-0.3, -0.25) is 19.4 Å². The zero-order chi connectivity index (χ0) is 29.8. The molecule has 0 saturated carbocycles. The van der Waals surface area contributed by atoms with Crippen LogP contribution in [-0.2, 0) is 33.3 Å². The van der Waals surface area contributed by atoms with E-state index in [4.69, 9.17) is 30.5 Å². The number of nitrogens with zero attached hydrogens (tertiary/aromatic N) is 4. The fraction of sp³-hybridized carbons (Fsp3) is 0.360. The molecule has 41 heavy (non-hydrogen) atoms. The summed E-state index contributed by atoms with van der Waals surface area (Å²) in [6.45, 7) is 3.24. The van der Waals surface area contributed by atoms with Crippen LogP contribution in [0.15, 0.2) is 46.2 Å². The Hall–Kier alpha value is -3.14. The summed E-state index contributed by atoms with van der Waals surface area (Å²) < 4.78 is 53.0. The average Bonchev–Trinajstić information content (AvgIpc) is 3.37. The third kappa shape index (κ3) is 7.58. The van der Waals surface area contributed by atoms with Gasteiger partial charge in [-0.15, -0.1) is 5.10 Å². The average molecular weight is 676 g/mol. The molecule has 5 atom stereocenters. The number of ether oxygens (including phenoxy) is 4. The van der Waals surface area contributed by atoms with Crippen molar-refractivity contribution >= 4 is 57.2 Å². The van der Waals surface area contributed by atoms with Crippen molar-refractivity contribution in [3.63, 3.8) is 0 Å². The van der Waals surface area contributed by atoms with Crippen LogP contribution in [0.5, 0.6) is 0 Å². The van der Waals surface area contributed by atoms with Gasteiger partial charge in [0.25, 0.3) is 0 Å². The SMILES string of the molecule is CC(=O)OC[C@H]1O[C@H](Sc2cncc(Br)c2)[C@H](OC(C)=O)[C@@H](n2cc(-c3cc(F)c(Cl)c(F)c3)nn2)[C@H]1OC(C)=O.